The van der Waals surface area contributed by atoms with Crippen LogP contribution in [0.5, 0.6) is 0 Å². The predicted octanol–water partition coefficient (Wildman–Crippen LogP) is 2.79. The van der Waals surface area contributed by atoms with E-state index in [1.165, 1.54) is 5.38 Å². The summed E-state index contributed by atoms with van der Waals surface area (Å²) in [5.41, 5.74) is 1.66. The van der Waals surface area contributed by atoms with Gasteiger partial charge >= 0.3 is 12.0 Å². The molecule has 0 fully saturated rings. The zero-order valence-electron chi connectivity index (χ0n) is 10.0. The number of nitrogens with zero attached hydrogens (tertiary/aromatic N) is 1. The highest BCUT2D eigenvalue weighted by molar-refractivity contribution is 7.14. The van der Waals surface area contributed by atoms with Gasteiger partial charge in [-0.1, -0.05) is 17.7 Å². The molecule has 1 heterocycles. The van der Waals surface area contributed by atoms with Crippen molar-refractivity contribution in [1.29, 1.82) is 0 Å². The molecule has 0 bridgehead atoms. The molecule has 19 heavy (non-hydrogen) atoms. The monoisotopic (exact) mass is 277 g/mol. The molecule has 0 spiro atoms. The van der Waals surface area contributed by atoms with Crippen LogP contribution in [0.15, 0.2) is 29.6 Å². The van der Waals surface area contributed by atoms with E-state index in [9.17, 15) is 9.59 Å². The van der Waals surface area contributed by atoms with E-state index in [0.29, 0.717) is 5.69 Å². The molecule has 0 aliphatic heterocycles. The van der Waals surface area contributed by atoms with Crippen LogP contribution in [0.3, 0.4) is 0 Å². The highest BCUT2D eigenvalue weighted by Crippen LogP contribution is 2.16. The Morgan fingerprint density at radius 2 is 1.89 bits per heavy atom. The van der Waals surface area contributed by atoms with E-state index in [-0.39, 0.29) is 10.8 Å². The van der Waals surface area contributed by atoms with Crippen LogP contribution >= 0.6 is 11.3 Å². The number of thiazole rings is 1. The van der Waals surface area contributed by atoms with Gasteiger partial charge in [0.15, 0.2) is 10.8 Å². The fourth-order valence-corrected chi connectivity index (χ4v) is 2.01. The molecule has 0 aliphatic rings. The van der Waals surface area contributed by atoms with E-state index in [1.807, 2.05) is 19.1 Å². The molecule has 0 saturated heterocycles. The summed E-state index contributed by atoms with van der Waals surface area (Å²) < 4.78 is 0. The van der Waals surface area contributed by atoms with E-state index in [0.717, 1.165) is 16.9 Å². The third-order valence-electron chi connectivity index (χ3n) is 2.25. The summed E-state index contributed by atoms with van der Waals surface area (Å²) in [6.45, 7) is 1.95. The fraction of sp³-hybridized carbons (Fsp3) is 0.0833. The topological polar surface area (TPSA) is 91.3 Å². The summed E-state index contributed by atoms with van der Waals surface area (Å²) >= 11 is 1.06. The summed E-state index contributed by atoms with van der Waals surface area (Å²) in [4.78, 5) is 26.0. The number of anilines is 2. The van der Waals surface area contributed by atoms with Gasteiger partial charge in [-0.15, -0.1) is 11.3 Å². The summed E-state index contributed by atoms with van der Waals surface area (Å²) in [5, 5.41) is 15.4. The zero-order chi connectivity index (χ0) is 13.8. The van der Waals surface area contributed by atoms with Gasteiger partial charge in [-0.05, 0) is 19.1 Å². The average molecular weight is 277 g/mol. The Labute approximate surface area is 113 Å². The van der Waals surface area contributed by atoms with Gasteiger partial charge < -0.3 is 10.4 Å². The first kappa shape index (κ1) is 13.0. The average Bonchev–Trinajstić information content (AvgIpc) is 2.80. The van der Waals surface area contributed by atoms with Gasteiger partial charge in [0.1, 0.15) is 0 Å². The molecule has 0 radical (unpaired) electrons. The van der Waals surface area contributed by atoms with Crippen molar-refractivity contribution >= 4 is 34.2 Å². The van der Waals surface area contributed by atoms with Crippen LogP contribution in [0.25, 0.3) is 0 Å². The third kappa shape index (κ3) is 3.52. The second-order valence-corrected chi connectivity index (χ2v) is 4.65. The van der Waals surface area contributed by atoms with Crippen molar-refractivity contribution in [3.8, 4) is 0 Å². The highest BCUT2D eigenvalue weighted by atomic mass is 32.1. The van der Waals surface area contributed by atoms with Crippen molar-refractivity contribution in [2.45, 2.75) is 6.92 Å². The van der Waals surface area contributed by atoms with Crippen molar-refractivity contribution < 1.29 is 14.7 Å². The number of amides is 2. The van der Waals surface area contributed by atoms with Gasteiger partial charge in [-0.25, -0.2) is 14.6 Å². The molecule has 0 unspecified atom stereocenters. The van der Waals surface area contributed by atoms with Gasteiger partial charge in [0.2, 0.25) is 0 Å². The van der Waals surface area contributed by atoms with Crippen LogP contribution < -0.4 is 10.6 Å². The molecule has 0 saturated carbocycles. The lowest BCUT2D eigenvalue weighted by Gasteiger charge is -2.05. The number of aromatic carboxylic acids is 1. The molecule has 0 atom stereocenters. The van der Waals surface area contributed by atoms with Gasteiger partial charge in [0.25, 0.3) is 0 Å². The minimum Gasteiger partial charge on any atom is -0.476 e. The number of aromatic nitrogens is 1. The smallest absolute Gasteiger partial charge is 0.355 e. The number of carboxylic acid groups (broad SMARTS) is 1. The summed E-state index contributed by atoms with van der Waals surface area (Å²) in [6.07, 6.45) is 0. The minimum absolute atomic E-state index is 0.0874. The van der Waals surface area contributed by atoms with E-state index >= 15 is 0 Å². The SMILES string of the molecule is Cc1ccc(NC(=O)Nc2nc(C(=O)O)cs2)cc1. The lowest BCUT2D eigenvalue weighted by Crippen LogP contribution is -2.19. The van der Waals surface area contributed by atoms with E-state index in [4.69, 9.17) is 5.11 Å². The maximum atomic E-state index is 11.6. The van der Waals surface area contributed by atoms with Crippen LogP contribution in [0.4, 0.5) is 15.6 Å². The number of hydrogen-bond donors (Lipinski definition) is 3. The van der Waals surface area contributed by atoms with Crippen LogP contribution in [-0.4, -0.2) is 22.1 Å². The molecular formula is C12H11N3O3S. The molecule has 1 aromatic heterocycles. The molecule has 2 aromatic rings. The third-order valence-corrected chi connectivity index (χ3v) is 3.01. The van der Waals surface area contributed by atoms with E-state index < -0.39 is 12.0 Å². The van der Waals surface area contributed by atoms with Crippen molar-refractivity contribution in [3.63, 3.8) is 0 Å². The quantitative estimate of drug-likeness (QED) is 0.804. The Balaban J connectivity index is 1.97. The molecule has 1 aromatic carbocycles. The number of nitrogens with one attached hydrogen (secondary N) is 2. The minimum atomic E-state index is -1.12. The van der Waals surface area contributed by atoms with Gasteiger partial charge in [-0.2, -0.15) is 0 Å². The number of carboxylic acids is 1. The molecule has 2 rings (SSSR count). The van der Waals surface area contributed by atoms with Crippen LogP contribution in [0.1, 0.15) is 16.1 Å². The Morgan fingerprint density at radius 3 is 2.47 bits per heavy atom. The first-order valence-corrected chi connectivity index (χ1v) is 6.26. The number of hydrogen-bond acceptors (Lipinski definition) is 4. The number of urea groups is 1. The largest absolute Gasteiger partial charge is 0.476 e. The first-order chi connectivity index (χ1) is 9.04. The summed E-state index contributed by atoms with van der Waals surface area (Å²) in [6, 6.07) is 6.84. The number of carbonyl (C=O) groups excluding carboxylic acids is 1. The molecule has 2 amide bonds. The van der Waals surface area contributed by atoms with E-state index in [1.54, 1.807) is 12.1 Å². The van der Waals surface area contributed by atoms with E-state index in [2.05, 4.69) is 15.6 Å². The van der Waals surface area contributed by atoms with Gasteiger partial charge in [-0.3, -0.25) is 5.32 Å². The first-order valence-electron chi connectivity index (χ1n) is 5.38. The number of benzene rings is 1. The standard InChI is InChI=1S/C12H11N3O3S/c1-7-2-4-8(5-3-7)13-11(18)15-12-14-9(6-19-12)10(16)17/h2-6H,1H3,(H,16,17)(H2,13,14,15,18). The number of aryl methyl sites for hydroxylation is 1. The lowest BCUT2D eigenvalue weighted by atomic mass is 10.2. The van der Waals surface area contributed by atoms with Gasteiger partial charge in [0.05, 0.1) is 0 Å². The summed E-state index contributed by atoms with van der Waals surface area (Å²) in [7, 11) is 0. The van der Waals surface area contributed by atoms with Crippen LogP contribution in [-0.2, 0) is 0 Å². The molecule has 98 valence electrons. The van der Waals surface area contributed by atoms with Crippen molar-refractivity contribution in [2.75, 3.05) is 10.6 Å². The zero-order valence-corrected chi connectivity index (χ0v) is 10.8. The molecule has 6 nitrogen and oxygen atoms in total. The normalized spacial score (nSPS) is 9.95. The Hall–Kier alpha value is -2.41. The lowest BCUT2D eigenvalue weighted by molar-refractivity contribution is 0.0691. The summed E-state index contributed by atoms with van der Waals surface area (Å²) in [5.74, 6) is -1.12. The molecule has 7 heteroatoms. The second-order valence-electron chi connectivity index (χ2n) is 3.79. The molecule has 3 N–H and O–H groups in total. The maximum absolute atomic E-state index is 11.6. The van der Waals surface area contributed by atoms with Crippen LogP contribution in [0, 0.1) is 6.92 Å². The maximum Gasteiger partial charge on any atom is 0.355 e. The van der Waals surface area contributed by atoms with Crippen molar-refractivity contribution in [2.24, 2.45) is 0 Å². The highest BCUT2D eigenvalue weighted by Gasteiger charge is 2.10. The molecule has 0 aliphatic carbocycles. The Kier molecular flexibility index (Phi) is 3.76. The number of rotatable bonds is 3. The second kappa shape index (κ2) is 5.49. The Bertz CT molecular complexity index is 607. The Morgan fingerprint density at radius 1 is 1.21 bits per heavy atom. The molecular weight excluding hydrogens is 266 g/mol. The fourth-order valence-electron chi connectivity index (χ4n) is 1.33. The van der Waals surface area contributed by atoms with Crippen molar-refractivity contribution in [1.82, 2.24) is 4.98 Å². The van der Waals surface area contributed by atoms with Gasteiger partial charge in [0, 0.05) is 11.1 Å². The van der Waals surface area contributed by atoms with Crippen LogP contribution in [0.2, 0.25) is 0 Å². The number of carbonyl (C=O) groups is 2. The van der Waals surface area contributed by atoms with Crippen molar-refractivity contribution in [3.05, 3.63) is 40.9 Å². The predicted molar refractivity (Wildman–Crippen MR) is 72.9 cm³/mol.